The SMILES string of the molecule is COc1cc(O)ccc1/C=C(/NC(=O)c1ccccc1)C(=O)Nc1cccc(SCC(=O)Nc2nc(-c3ccccc3)c(C)s2)c1. The summed E-state index contributed by atoms with van der Waals surface area (Å²) in [4.78, 5) is 45.6. The van der Waals surface area contributed by atoms with Gasteiger partial charge in [0.2, 0.25) is 5.91 Å². The Hall–Kier alpha value is -5.39. The number of hydrogen-bond acceptors (Lipinski definition) is 8. The van der Waals surface area contributed by atoms with E-state index in [4.69, 9.17) is 4.74 Å². The first kappa shape index (κ1) is 32.0. The van der Waals surface area contributed by atoms with E-state index in [-0.39, 0.29) is 23.1 Å². The zero-order valence-electron chi connectivity index (χ0n) is 24.9. The van der Waals surface area contributed by atoms with E-state index in [1.807, 2.05) is 43.3 Å². The molecule has 0 aliphatic rings. The van der Waals surface area contributed by atoms with E-state index in [0.717, 1.165) is 21.0 Å². The topological polar surface area (TPSA) is 130 Å². The third-order valence-electron chi connectivity index (χ3n) is 6.60. The highest BCUT2D eigenvalue weighted by Gasteiger charge is 2.17. The summed E-state index contributed by atoms with van der Waals surface area (Å²) in [6, 6.07) is 29.8. The Morgan fingerprint density at radius 1 is 0.913 bits per heavy atom. The minimum absolute atomic E-state index is 0.00461. The molecule has 0 fully saturated rings. The Morgan fingerprint density at radius 2 is 1.65 bits per heavy atom. The van der Waals surface area contributed by atoms with Gasteiger partial charge in [-0.2, -0.15) is 0 Å². The van der Waals surface area contributed by atoms with Crippen molar-refractivity contribution >= 4 is 57.7 Å². The number of amides is 3. The molecular formula is C35H30N4O5S2. The van der Waals surface area contributed by atoms with Crippen LogP contribution in [-0.2, 0) is 9.59 Å². The zero-order valence-corrected chi connectivity index (χ0v) is 26.6. The zero-order chi connectivity index (χ0) is 32.5. The average Bonchev–Trinajstić information content (AvgIpc) is 3.44. The molecule has 0 radical (unpaired) electrons. The molecule has 4 N–H and O–H groups in total. The van der Waals surface area contributed by atoms with Crippen LogP contribution in [0.3, 0.4) is 0 Å². The van der Waals surface area contributed by atoms with Crippen molar-refractivity contribution in [1.29, 1.82) is 0 Å². The van der Waals surface area contributed by atoms with E-state index < -0.39 is 11.8 Å². The van der Waals surface area contributed by atoms with Crippen LogP contribution in [0.15, 0.2) is 114 Å². The second-order valence-corrected chi connectivity index (χ2v) is 12.2. The van der Waals surface area contributed by atoms with Gasteiger partial charge in [-0.15, -0.1) is 23.1 Å². The van der Waals surface area contributed by atoms with Crippen LogP contribution in [0.2, 0.25) is 0 Å². The third kappa shape index (κ3) is 8.40. The standard InChI is InChI=1S/C35H30N4O5S2/c1-22-32(23-10-5-3-6-11-23)39-35(46-22)38-31(41)21-45-28-15-9-14-26(19-28)36-34(43)29(37-33(42)24-12-7-4-8-13-24)18-25-16-17-27(40)20-30(25)44-2/h3-20,40H,21H2,1-2H3,(H,36,43)(H,37,42)(H,38,39,41)/b29-18+. The van der Waals surface area contributed by atoms with Gasteiger partial charge in [0, 0.05) is 38.2 Å². The minimum atomic E-state index is -0.576. The van der Waals surface area contributed by atoms with Gasteiger partial charge < -0.3 is 25.8 Å². The number of aromatic nitrogens is 1. The highest BCUT2D eigenvalue weighted by Crippen LogP contribution is 2.31. The number of aryl methyl sites for hydroxylation is 1. The molecule has 9 nitrogen and oxygen atoms in total. The van der Waals surface area contributed by atoms with Crippen LogP contribution in [0, 0.1) is 6.92 Å². The monoisotopic (exact) mass is 650 g/mol. The maximum absolute atomic E-state index is 13.5. The number of benzene rings is 4. The minimum Gasteiger partial charge on any atom is -0.508 e. The van der Waals surface area contributed by atoms with Gasteiger partial charge in [-0.25, -0.2) is 4.98 Å². The molecule has 5 aromatic rings. The van der Waals surface area contributed by atoms with Crippen molar-refractivity contribution in [1.82, 2.24) is 10.3 Å². The van der Waals surface area contributed by atoms with E-state index in [1.165, 1.54) is 48.4 Å². The van der Waals surface area contributed by atoms with Crippen LogP contribution in [0.25, 0.3) is 17.3 Å². The first-order valence-electron chi connectivity index (χ1n) is 14.1. The van der Waals surface area contributed by atoms with Crippen LogP contribution in [0.4, 0.5) is 10.8 Å². The molecule has 11 heteroatoms. The predicted octanol–water partition coefficient (Wildman–Crippen LogP) is 6.97. The summed E-state index contributed by atoms with van der Waals surface area (Å²) < 4.78 is 5.35. The number of ether oxygens (including phenoxy) is 1. The van der Waals surface area contributed by atoms with Crippen LogP contribution in [0.5, 0.6) is 11.5 Å². The fraction of sp³-hybridized carbons (Fsp3) is 0.0857. The number of anilines is 2. The molecule has 1 aromatic heterocycles. The summed E-state index contributed by atoms with van der Waals surface area (Å²) in [5, 5.41) is 18.8. The van der Waals surface area contributed by atoms with Gasteiger partial charge in [0.1, 0.15) is 17.2 Å². The number of thiazole rings is 1. The average molecular weight is 651 g/mol. The molecule has 1 heterocycles. The summed E-state index contributed by atoms with van der Waals surface area (Å²) in [5.41, 5.74) is 3.11. The van der Waals surface area contributed by atoms with E-state index in [9.17, 15) is 19.5 Å². The number of carbonyl (C=O) groups excluding carboxylic acids is 3. The molecule has 4 aromatic carbocycles. The van der Waals surface area contributed by atoms with Crippen LogP contribution >= 0.6 is 23.1 Å². The van der Waals surface area contributed by atoms with Gasteiger partial charge in [-0.05, 0) is 55.5 Å². The van der Waals surface area contributed by atoms with Crippen molar-refractivity contribution in [2.75, 3.05) is 23.5 Å². The van der Waals surface area contributed by atoms with Gasteiger partial charge >= 0.3 is 0 Å². The molecular weight excluding hydrogens is 621 g/mol. The summed E-state index contributed by atoms with van der Waals surface area (Å²) in [6.07, 6.45) is 1.47. The maximum Gasteiger partial charge on any atom is 0.272 e. The summed E-state index contributed by atoms with van der Waals surface area (Å²) in [7, 11) is 1.44. The fourth-order valence-corrected chi connectivity index (χ4v) is 6.00. The molecule has 0 aliphatic carbocycles. The Labute approximate surface area is 274 Å². The van der Waals surface area contributed by atoms with Crippen LogP contribution < -0.4 is 20.7 Å². The number of hydrogen-bond donors (Lipinski definition) is 4. The maximum atomic E-state index is 13.5. The number of phenols is 1. The summed E-state index contributed by atoms with van der Waals surface area (Å²) in [5.74, 6) is -0.802. The van der Waals surface area contributed by atoms with E-state index >= 15 is 0 Å². The van der Waals surface area contributed by atoms with Gasteiger partial charge in [0.15, 0.2) is 5.13 Å². The fourth-order valence-electron chi connectivity index (χ4n) is 4.40. The molecule has 0 bridgehead atoms. The van der Waals surface area contributed by atoms with Crippen LogP contribution in [0.1, 0.15) is 20.8 Å². The summed E-state index contributed by atoms with van der Waals surface area (Å²) in [6.45, 7) is 1.97. The van der Waals surface area contributed by atoms with Gasteiger partial charge in [0.25, 0.3) is 11.8 Å². The lowest BCUT2D eigenvalue weighted by atomic mass is 10.1. The lowest BCUT2D eigenvalue weighted by Crippen LogP contribution is -2.30. The Bertz CT molecular complexity index is 1890. The molecule has 0 saturated carbocycles. The first-order chi connectivity index (χ1) is 22.3. The number of nitrogens with zero attached hydrogens (tertiary/aromatic N) is 1. The van der Waals surface area contributed by atoms with Crippen LogP contribution in [-0.4, -0.2) is 40.7 Å². The molecule has 0 unspecified atom stereocenters. The normalized spacial score (nSPS) is 11.0. The van der Waals surface area contributed by atoms with Crippen molar-refractivity contribution in [2.45, 2.75) is 11.8 Å². The molecule has 0 aliphatic heterocycles. The van der Waals surface area contributed by atoms with Crippen molar-refractivity contribution in [3.63, 3.8) is 0 Å². The van der Waals surface area contributed by atoms with Crippen molar-refractivity contribution in [3.8, 4) is 22.8 Å². The van der Waals surface area contributed by atoms with Crippen molar-refractivity contribution in [3.05, 3.63) is 125 Å². The van der Waals surface area contributed by atoms with Gasteiger partial charge in [-0.1, -0.05) is 54.6 Å². The molecule has 232 valence electrons. The van der Waals surface area contributed by atoms with Gasteiger partial charge in [-0.3, -0.25) is 14.4 Å². The Balaban J connectivity index is 1.27. The largest absolute Gasteiger partial charge is 0.508 e. The molecule has 0 saturated heterocycles. The Kier molecular flexibility index (Phi) is 10.5. The number of aromatic hydroxyl groups is 1. The smallest absolute Gasteiger partial charge is 0.272 e. The first-order valence-corrected chi connectivity index (χ1v) is 15.9. The number of phenolic OH excluding ortho intramolecular Hbond substituents is 1. The molecule has 3 amide bonds. The number of carbonyl (C=O) groups is 3. The predicted molar refractivity (Wildman–Crippen MR) is 183 cm³/mol. The number of methoxy groups -OCH3 is 1. The van der Waals surface area contributed by atoms with Crippen molar-refractivity contribution in [2.24, 2.45) is 0 Å². The molecule has 0 spiro atoms. The molecule has 46 heavy (non-hydrogen) atoms. The highest BCUT2D eigenvalue weighted by atomic mass is 32.2. The molecule has 0 atom stereocenters. The molecule has 5 rings (SSSR count). The number of nitrogens with one attached hydrogen (secondary N) is 3. The highest BCUT2D eigenvalue weighted by molar-refractivity contribution is 8.00. The lowest BCUT2D eigenvalue weighted by molar-refractivity contribution is -0.114. The quantitative estimate of drug-likeness (QED) is 0.0897. The second kappa shape index (κ2) is 15.1. The lowest BCUT2D eigenvalue weighted by Gasteiger charge is -2.13. The van der Waals surface area contributed by atoms with E-state index in [2.05, 4.69) is 20.9 Å². The van der Waals surface area contributed by atoms with Crippen molar-refractivity contribution < 1.29 is 24.2 Å². The Morgan fingerprint density at radius 3 is 2.39 bits per heavy atom. The van der Waals surface area contributed by atoms with Gasteiger partial charge in [0.05, 0.1) is 18.6 Å². The second-order valence-electron chi connectivity index (χ2n) is 9.91. The third-order valence-corrected chi connectivity index (χ3v) is 8.48. The number of thioether (sulfide) groups is 1. The number of rotatable bonds is 11. The summed E-state index contributed by atoms with van der Waals surface area (Å²) >= 11 is 2.73. The van der Waals surface area contributed by atoms with E-state index in [1.54, 1.807) is 54.6 Å². The van der Waals surface area contributed by atoms with E-state index in [0.29, 0.717) is 27.7 Å².